The SMILES string of the molecule is Fc1cccnc1O[C@H]1CC[C@H]2[C@H]1OCCN2Cc1ccoc1.O=C(O)C(F)(F)F. The number of carboxylic acid groups (broad SMARTS) is 1. The number of ether oxygens (including phenoxy) is 2. The van der Waals surface area contributed by atoms with Gasteiger partial charge in [0.1, 0.15) is 12.2 Å². The van der Waals surface area contributed by atoms with E-state index in [1.54, 1.807) is 18.6 Å². The van der Waals surface area contributed by atoms with Gasteiger partial charge in [0.25, 0.3) is 5.88 Å². The van der Waals surface area contributed by atoms with E-state index in [0.29, 0.717) is 6.61 Å². The number of morpholine rings is 1. The topological polar surface area (TPSA) is 85.0 Å². The number of nitrogens with zero attached hydrogens (tertiary/aromatic N) is 2. The number of alkyl halides is 3. The van der Waals surface area contributed by atoms with Gasteiger partial charge in [0.2, 0.25) is 0 Å². The highest BCUT2D eigenvalue weighted by molar-refractivity contribution is 5.73. The quantitative estimate of drug-likeness (QED) is 0.743. The lowest BCUT2D eigenvalue weighted by molar-refractivity contribution is -0.192. The molecule has 11 heteroatoms. The molecule has 30 heavy (non-hydrogen) atoms. The number of aliphatic carboxylic acids is 1. The Balaban J connectivity index is 0.000000318. The zero-order valence-electron chi connectivity index (χ0n) is 15.7. The van der Waals surface area contributed by atoms with Gasteiger partial charge in [0, 0.05) is 30.9 Å². The molecule has 2 fully saturated rings. The van der Waals surface area contributed by atoms with Crippen molar-refractivity contribution in [3.63, 3.8) is 0 Å². The summed E-state index contributed by atoms with van der Waals surface area (Å²) in [6.45, 7) is 2.38. The van der Waals surface area contributed by atoms with Gasteiger partial charge in [0.15, 0.2) is 5.82 Å². The molecule has 2 aromatic heterocycles. The van der Waals surface area contributed by atoms with Gasteiger partial charge >= 0.3 is 12.1 Å². The summed E-state index contributed by atoms with van der Waals surface area (Å²) in [5, 5.41) is 7.12. The Bertz CT molecular complexity index is 831. The van der Waals surface area contributed by atoms with Gasteiger partial charge in [-0.3, -0.25) is 4.90 Å². The fourth-order valence-corrected chi connectivity index (χ4v) is 3.53. The standard InChI is InChI=1S/C17H19FN2O3.C2HF3O2/c18-13-2-1-6-19-17(13)23-15-4-3-14-16(15)22-9-7-20(14)10-12-5-8-21-11-12;3-2(4,5)1(6)7/h1-2,5-6,8,11,14-16H,3-4,7,9-10H2;(H,6,7)/t14-,15-,16+;/m0./s1. The molecule has 164 valence electrons. The van der Waals surface area contributed by atoms with E-state index in [-0.39, 0.29) is 24.1 Å². The van der Waals surface area contributed by atoms with Crippen molar-refractivity contribution in [1.82, 2.24) is 9.88 Å². The predicted molar refractivity (Wildman–Crippen MR) is 94.2 cm³/mol. The zero-order chi connectivity index (χ0) is 21.7. The average Bonchev–Trinajstić information content (AvgIpc) is 3.34. The molecule has 0 aromatic carbocycles. The Morgan fingerprint density at radius 1 is 1.33 bits per heavy atom. The van der Waals surface area contributed by atoms with Crippen molar-refractivity contribution >= 4 is 5.97 Å². The third kappa shape index (κ3) is 5.48. The number of hydrogen-bond donors (Lipinski definition) is 1. The summed E-state index contributed by atoms with van der Waals surface area (Å²) in [5.74, 6) is -3.12. The molecule has 2 aromatic rings. The molecule has 1 saturated carbocycles. The van der Waals surface area contributed by atoms with Crippen LogP contribution < -0.4 is 4.74 Å². The van der Waals surface area contributed by atoms with E-state index >= 15 is 0 Å². The Kier molecular flexibility index (Phi) is 6.93. The highest BCUT2D eigenvalue weighted by atomic mass is 19.4. The lowest BCUT2D eigenvalue weighted by Gasteiger charge is -2.38. The van der Waals surface area contributed by atoms with E-state index in [2.05, 4.69) is 9.88 Å². The van der Waals surface area contributed by atoms with Crippen LogP contribution in [0, 0.1) is 5.82 Å². The van der Waals surface area contributed by atoms with E-state index < -0.39 is 18.0 Å². The monoisotopic (exact) mass is 432 g/mol. The number of pyridine rings is 1. The maximum atomic E-state index is 13.7. The van der Waals surface area contributed by atoms with Crippen molar-refractivity contribution in [3.8, 4) is 5.88 Å². The Morgan fingerprint density at radius 2 is 2.10 bits per heavy atom. The third-order valence-electron chi connectivity index (χ3n) is 4.85. The maximum absolute atomic E-state index is 13.7. The first-order chi connectivity index (χ1) is 14.3. The second-order valence-corrected chi connectivity index (χ2v) is 6.83. The molecule has 0 bridgehead atoms. The number of fused-ring (bicyclic) bond motifs is 1. The van der Waals surface area contributed by atoms with Crippen LogP contribution in [0.4, 0.5) is 17.6 Å². The summed E-state index contributed by atoms with van der Waals surface area (Å²) in [5.41, 5.74) is 1.16. The van der Waals surface area contributed by atoms with Crippen LogP contribution >= 0.6 is 0 Å². The summed E-state index contributed by atoms with van der Waals surface area (Å²) in [6.07, 6.45) is 1.54. The molecule has 1 saturated heterocycles. The van der Waals surface area contributed by atoms with Crippen molar-refractivity contribution in [3.05, 3.63) is 48.3 Å². The van der Waals surface area contributed by atoms with E-state index in [1.807, 2.05) is 6.07 Å². The van der Waals surface area contributed by atoms with E-state index in [0.717, 1.165) is 31.5 Å². The number of aromatic nitrogens is 1. The van der Waals surface area contributed by atoms with E-state index in [4.69, 9.17) is 23.8 Å². The van der Waals surface area contributed by atoms with Crippen molar-refractivity contribution < 1.29 is 41.4 Å². The smallest absolute Gasteiger partial charge is 0.475 e. The molecular weight excluding hydrogens is 412 g/mol. The predicted octanol–water partition coefficient (Wildman–Crippen LogP) is 3.26. The minimum Gasteiger partial charge on any atom is -0.475 e. The first-order valence-corrected chi connectivity index (χ1v) is 9.19. The molecule has 1 N–H and O–H groups in total. The lowest BCUT2D eigenvalue weighted by Crippen LogP contribution is -2.51. The van der Waals surface area contributed by atoms with Crippen molar-refractivity contribution in [2.75, 3.05) is 13.2 Å². The van der Waals surface area contributed by atoms with Crippen LogP contribution in [0.3, 0.4) is 0 Å². The molecule has 0 amide bonds. The normalized spacial score (nSPS) is 23.9. The molecule has 0 unspecified atom stereocenters. The van der Waals surface area contributed by atoms with E-state index in [1.165, 1.54) is 12.3 Å². The van der Waals surface area contributed by atoms with Crippen LogP contribution in [-0.4, -0.2) is 58.5 Å². The summed E-state index contributed by atoms with van der Waals surface area (Å²) < 4.78 is 62.4. The fourth-order valence-electron chi connectivity index (χ4n) is 3.53. The molecule has 3 atom stereocenters. The summed E-state index contributed by atoms with van der Waals surface area (Å²) in [6, 6.07) is 5.19. The molecule has 2 aliphatic rings. The fraction of sp³-hybridized carbons (Fsp3) is 0.474. The number of carbonyl (C=O) groups is 1. The number of hydrogen-bond acceptors (Lipinski definition) is 6. The maximum Gasteiger partial charge on any atom is 0.490 e. The summed E-state index contributed by atoms with van der Waals surface area (Å²) >= 11 is 0. The minimum atomic E-state index is -5.08. The van der Waals surface area contributed by atoms with Crippen molar-refractivity contribution in [2.24, 2.45) is 0 Å². The summed E-state index contributed by atoms with van der Waals surface area (Å²) in [4.78, 5) is 15.3. The number of furan rings is 1. The number of carboxylic acids is 1. The third-order valence-corrected chi connectivity index (χ3v) is 4.85. The van der Waals surface area contributed by atoms with Crippen LogP contribution in [0.2, 0.25) is 0 Å². The largest absolute Gasteiger partial charge is 0.490 e. The van der Waals surface area contributed by atoms with Crippen LogP contribution in [0.25, 0.3) is 0 Å². The Hall–Kier alpha value is -2.66. The van der Waals surface area contributed by atoms with Gasteiger partial charge in [-0.15, -0.1) is 0 Å². The molecular formula is C19H20F4N2O5. The van der Waals surface area contributed by atoms with Gasteiger partial charge < -0.3 is 19.0 Å². The highest BCUT2D eigenvalue weighted by Gasteiger charge is 2.44. The number of halogens is 4. The molecule has 0 spiro atoms. The van der Waals surface area contributed by atoms with Gasteiger partial charge in [0.05, 0.1) is 19.1 Å². The van der Waals surface area contributed by atoms with Crippen LogP contribution in [-0.2, 0) is 16.1 Å². The number of rotatable bonds is 4. The Morgan fingerprint density at radius 3 is 2.73 bits per heavy atom. The van der Waals surface area contributed by atoms with Gasteiger partial charge in [-0.05, 0) is 31.0 Å². The molecule has 0 radical (unpaired) electrons. The molecule has 1 aliphatic heterocycles. The van der Waals surface area contributed by atoms with Gasteiger partial charge in [-0.2, -0.15) is 13.2 Å². The van der Waals surface area contributed by atoms with Crippen molar-refractivity contribution in [2.45, 2.75) is 43.8 Å². The highest BCUT2D eigenvalue weighted by Crippen LogP contribution is 2.33. The van der Waals surface area contributed by atoms with Gasteiger partial charge in [-0.1, -0.05) is 0 Å². The average molecular weight is 432 g/mol. The molecule has 1 aliphatic carbocycles. The molecule has 7 nitrogen and oxygen atoms in total. The Labute approximate surface area is 169 Å². The first kappa shape index (κ1) is 22.0. The first-order valence-electron chi connectivity index (χ1n) is 9.19. The van der Waals surface area contributed by atoms with Crippen LogP contribution in [0.1, 0.15) is 18.4 Å². The minimum absolute atomic E-state index is 0.0444. The van der Waals surface area contributed by atoms with Crippen LogP contribution in [0.5, 0.6) is 5.88 Å². The molecule has 3 heterocycles. The zero-order valence-corrected chi connectivity index (χ0v) is 15.7. The van der Waals surface area contributed by atoms with Crippen LogP contribution in [0.15, 0.2) is 41.3 Å². The van der Waals surface area contributed by atoms with Crippen molar-refractivity contribution in [1.29, 1.82) is 0 Å². The second kappa shape index (κ2) is 9.43. The lowest BCUT2D eigenvalue weighted by atomic mass is 10.1. The molecule has 4 rings (SSSR count). The second-order valence-electron chi connectivity index (χ2n) is 6.83. The summed E-state index contributed by atoms with van der Waals surface area (Å²) in [7, 11) is 0. The van der Waals surface area contributed by atoms with E-state index in [9.17, 15) is 17.6 Å². The van der Waals surface area contributed by atoms with Gasteiger partial charge in [-0.25, -0.2) is 14.2 Å².